The van der Waals surface area contributed by atoms with E-state index in [2.05, 4.69) is 31.1 Å². The Morgan fingerprint density at radius 1 is 1.29 bits per heavy atom. The summed E-state index contributed by atoms with van der Waals surface area (Å²) in [6.07, 6.45) is 6.34. The van der Waals surface area contributed by atoms with Gasteiger partial charge in [0, 0.05) is 11.7 Å². The number of aryl methyl sites for hydroxylation is 2. The molecule has 0 saturated carbocycles. The summed E-state index contributed by atoms with van der Waals surface area (Å²) in [7, 11) is 0. The van der Waals surface area contributed by atoms with Crippen LogP contribution in [0, 0.1) is 5.92 Å². The SMILES string of the molecule is CC(C)CCC(C)Nc1nc2c(cc1C(=O)O)CCCC2. The van der Waals surface area contributed by atoms with Gasteiger partial charge in [0.25, 0.3) is 0 Å². The smallest absolute Gasteiger partial charge is 0.339 e. The molecule has 0 fully saturated rings. The lowest BCUT2D eigenvalue weighted by Crippen LogP contribution is -2.21. The van der Waals surface area contributed by atoms with Crippen molar-refractivity contribution < 1.29 is 9.90 Å². The van der Waals surface area contributed by atoms with Crippen molar-refractivity contribution in [2.24, 2.45) is 5.92 Å². The number of aromatic nitrogens is 1. The molecular formula is C17H26N2O2. The van der Waals surface area contributed by atoms with Gasteiger partial charge in [0.05, 0.1) is 0 Å². The molecule has 0 spiro atoms. The number of pyridine rings is 1. The summed E-state index contributed by atoms with van der Waals surface area (Å²) in [5, 5.41) is 12.7. The Morgan fingerprint density at radius 2 is 2.00 bits per heavy atom. The molecule has 0 radical (unpaired) electrons. The van der Waals surface area contributed by atoms with Crippen molar-refractivity contribution in [1.82, 2.24) is 4.98 Å². The lowest BCUT2D eigenvalue weighted by Gasteiger charge is -2.21. The van der Waals surface area contributed by atoms with Crippen LogP contribution in [0.1, 0.15) is 68.1 Å². The molecule has 0 aromatic carbocycles. The predicted molar refractivity (Wildman–Crippen MR) is 85.0 cm³/mol. The van der Waals surface area contributed by atoms with Crippen LogP contribution in [0.3, 0.4) is 0 Å². The number of nitrogens with one attached hydrogen (secondary N) is 1. The maximum Gasteiger partial charge on any atom is 0.339 e. The second-order valence-electron chi connectivity index (χ2n) is 6.52. The minimum atomic E-state index is -0.894. The Hall–Kier alpha value is -1.58. The van der Waals surface area contributed by atoms with Crippen LogP contribution >= 0.6 is 0 Å². The summed E-state index contributed by atoms with van der Waals surface area (Å²) >= 11 is 0. The van der Waals surface area contributed by atoms with Crippen LogP contribution in [0.15, 0.2) is 6.07 Å². The number of fused-ring (bicyclic) bond motifs is 1. The van der Waals surface area contributed by atoms with Crippen LogP contribution in [0.5, 0.6) is 0 Å². The van der Waals surface area contributed by atoms with Crippen molar-refractivity contribution in [1.29, 1.82) is 0 Å². The highest BCUT2D eigenvalue weighted by molar-refractivity contribution is 5.93. The molecule has 4 nitrogen and oxygen atoms in total. The third kappa shape index (κ3) is 4.19. The third-order valence-electron chi connectivity index (χ3n) is 4.09. The molecule has 116 valence electrons. The lowest BCUT2D eigenvalue weighted by molar-refractivity contribution is 0.0697. The first-order chi connectivity index (χ1) is 9.97. The zero-order valence-corrected chi connectivity index (χ0v) is 13.3. The van der Waals surface area contributed by atoms with E-state index in [0.29, 0.717) is 17.3 Å². The monoisotopic (exact) mass is 290 g/mol. The molecule has 1 atom stereocenters. The molecule has 21 heavy (non-hydrogen) atoms. The van der Waals surface area contributed by atoms with Crippen LogP contribution in [0.25, 0.3) is 0 Å². The van der Waals surface area contributed by atoms with Crippen molar-refractivity contribution in [2.75, 3.05) is 5.32 Å². The summed E-state index contributed by atoms with van der Waals surface area (Å²) in [6.45, 7) is 6.49. The number of carbonyl (C=O) groups is 1. The Kier molecular flexibility index (Phi) is 5.21. The Bertz CT molecular complexity index is 512. The highest BCUT2D eigenvalue weighted by Gasteiger charge is 2.19. The summed E-state index contributed by atoms with van der Waals surface area (Å²) in [6, 6.07) is 2.06. The van der Waals surface area contributed by atoms with Crippen molar-refractivity contribution in [2.45, 2.75) is 65.3 Å². The first-order valence-electron chi connectivity index (χ1n) is 8.00. The molecule has 0 saturated heterocycles. The standard InChI is InChI=1S/C17H26N2O2/c1-11(2)8-9-12(3)18-16-14(17(20)21)10-13-6-4-5-7-15(13)19-16/h10-12H,4-9H2,1-3H3,(H,18,19)(H,20,21). The van der Waals surface area contributed by atoms with Gasteiger partial charge in [-0.15, -0.1) is 0 Å². The Labute approximate surface area is 127 Å². The number of nitrogens with zero attached hydrogens (tertiary/aromatic N) is 1. The van der Waals surface area contributed by atoms with Gasteiger partial charge in [-0.2, -0.15) is 0 Å². The van der Waals surface area contributed by atoms with E-state index in [1.165, 1.54) is 0 Å². The second-order valence-corrected chi connectivity index (χ2v) is 6.52. The fourth-order valence-electron chi connectivity index (χ4n) is 2.80. The first kappa shape index (κ1) is 15.8. The van der Waals surface area contributed by atoms with Crippen LogP contribution in [-0.2, 0) is 12.8 Å². The van der Waals surface area contributed by atoms with E-state index in [0.717, 1.165) is 49.8 Å². The molecule has 1 aliphatic carbocycles. The van der Waals surface area contributed by atoms with E-state index < -0.39 is 5.97 Å². The van der Waals surface area contributed by atoms with Crippen molar-refractivity contribution in [3.8, 4) is 0 Å². The molecule has 0 aliphatic heterocycles. The largest absolute Gasteiger partial charge is 0.478 e. The molecule has 2 rings (SSSR count). The molecule has 0 bridgehead atoms. The van der Waals surface area contributed by atoms with Crippen molar-refractivity contribution >= 4 is 11.8 Å². The van der Waals surface area contributed by atoms with Crippen molar-refractivity contribution in [3.05, 3.63) is 22.9 Å². The van der Waals surface area contributed by atoms with Crippen LogP contribution in [-0.4, -0.2) is 22.1 Å². The summed E-state index contributed by atoms with van der Waals surface area (Å²) < 4.78 is 0. The molecule has 4 heteroatoms. The first-order valence-corrected chi connectivity index (χ1v) is 8.00. The van der Waals surface area contributed by atoms with Crippen LogP contribution in [0.2, 0.25) is 0 Å². The topological polar surface area (TPSA) is 62.2 Å². The van der Waals surface area contributed by atoms with Gasteiger partial charge in [-0.1, -0.05) is 13.8 Å². The van der Waals surface area contributed by atoms with Crippen molar-refractivity contribution in [3.63, 3.8) is 0 Å². The predicted octanol–water partition coefficient (Wildman–Crippen LogP) is 3.90. The van der Waals surface area contributed by atoms with E-state index in [4.69, 9.17) is 0 Å². The molecule has 0 amide bonds. The zero-order valence-electron chi connectivity index (χ0n) is 13.3. The van der Waals surface area contributed by atoms with E-state index in [1.807, 2.05) is 6.07 Å². The highest BCUT2D eigenvalue weighted by Crippen LogP contribution is 2.25. The summed E-state index contributed by atoms with van der Waals surface area (Å²) in [5.41, 5.74) is 2.50. The highest BCUT2D eigenvalue weighted by atomic mass is 16.4. The Balaban J connectivity index is 2.18. The number of rotatable bonds is 6. The average Bonchev–Trinajstić information content (AvgIpc) is 2.44. The minimum Gasteiger partial charge on any atom is -0.478 e. The van der Waals surface area contributed by atoms with Gasteiger partial charge >= 0.3 is 5.97 Å². The molecular weight excluding hydrogens is 264 g/mol. The number of aromatic carboxylic acids is 1. The fraction of sp³-hybridized carbons (Fsp3) is 0.647. The van der Waals surface area contributed by atoms with Crippen LogP contribution < -0.4 is 5.32 Å². The van der Waals surface area contributed by atoms with Gasteiger partial charge in [0.2, 0.25) is 0 Å². The molecule has 1 unspecified atom stereocenters. The number of hydrogen-bond donors (Lipinski definition) is 2. The van der Waals surface area contributed by atoms with E-state index in [-0.39, 0.29) is 6.04 Å². The zero-order chi connectivity index (χ0) is 15.4. The maximum absolute atomic E-state index is 11.5. The number of carboxylic acid groups (broad SMARTS) is 1. The summed E-state index contributed by atoms with van der Waals surface area (Å²) in [5.74, 6) is 0.304. The van der Waals surface area contributed by atoms with Gasteiger partial charge in [0.15, 0.2) is 0 Å². The number of hydrogen-bond acceptors (Lipinski definition) is 3. The van der Waals surface area contributed by atoms with E-state index >= 15 is 0 Å². The van der Waals surface area contributed by atoms with Gasteiger partial charge in [-0.25, -0.2) is 9.78 Å². The van der Waals surface area contributed by atoms with E-state index in [9.17, 15) is 9.90 Å². The lowest BCUT2D eigenvalue weighted by atomic mass is 9.94. The Morgan fingerprint density at radius 3 is 2.67 bits per heavy atom. The molecule has 1 heterocycles. The normalized spacial score (nSPS) is 15.6. The molecule has 1 aromatic heterocycles. The van der Waals surface area contributed by atoms with Gasteiger partial charge in [-0.3, -0.25) is 0 Å². The van der Waals surface area contributed by atoms with Gasteiger partial charge in [0.1, 0.15) is 11.4 Å². The van der Waals surface area contributed by atoms with E-state index in [1.54, 1.807) is 0 Å². The maximum atomic E-state index is 11.5. The van der Waals surface area contributed by atoms with Gasteiger partial charge in [-0.05, 0) is 63.0 Å². The second kappa shape index (κ2) is 6.92. The quantitative estimate of drug-likeness (QED) is 0.834. The molecule has 1 aromatic rings. The molecule has 2 N–H and O–H groups in total. The average molecular weight is 290 g/mol. The number of anilines is 1. The van der Waals surface area contributed by atoms with Gasteiger partial charge < -0.3 is 10.4 Å². The fourth-order valence-corrected chi connectivity index (χ4v) is 2.80. The minimum absolute atomic E-state index is 0.236. The number of carboxylic acids is 1. The van der Waals surface area contributed by atoms with Crippen LogP contribution in [0.4, 0.5) is 5.82 Å². The third-order valence-corrected chi connectivity index (χ3v) is 4.09. The molecule has 1 aliphatic rings. The summed E-state index contributed by atoms with van der Waals surface area (Å²) in [4.78, 5) is 16.1.